The van der Waals surface area contributed by atoms with E-state index in [1.165, 1.54) is 16.7 Å². The number of carbonyl (C=O) groups is 1. The van der Waals surface area contributed by atoms with Crippen LogP contribution in [0.3, 0.4) is 0 Å². The molecule has 0 aliphatic rings. The Kier molecular flexibility index (Phi) is 11.7. The minimum Gasteiger partial charge on any atom is -0.481 e. The molecule has 6 heteroatoms. The van der Waals surface area contributed by atoms with E-state index in [0.29, 0.717) is 12.8 Å². The van der Waals surface area contributed by atoms with Crippen molar-refractivity contribution in [3.8, 4) is 0 Å². The van der Waals surface area contributed by atoms with Gasteiger partial charge in [-0.2, -0.15) is 0 Å². The normalized spacial score (nSPS) is 14.3. The van der Waals surface area contributed by atoms with Crippen molar-refractivity contribution in [3.05, 3.63) is 34.9 Å². The van der Waals surface area contributed by atoms with Gasteiger partial charge < -0.3 is 14.9 Å². The molecule has 1 atom stereocenters. The first-order valence-electron chi connectivity index (χ1n) is 8.76. The first-order chi connectivity index (χ1) is 11.5. The fraction of sp³-hybridized carbons (Fsp3) is 0.632. The molecule has 0 spiro atoms. The second-order valence-electron chi connectivity index (χ2n) is 6.83. The monoisotopic (exact) mass is 372 g/mol. The van der Waals surface area contributed by atoms with Crippen LogP contribution in [0.2, 0.25) is 0 Å². The number of rotatable bonds is 12. The molecule has 0 aromatic heterocycles. The molecule has 0 saturated carbocycles. The zero-order chi connectivity index (χ0) is 19.5. The summed E-state index contributed by atoms with van der Waals surface area (Å²) in [5.41, 5.74) is 2.36. The summed E-state index contributed by atoms with van der Waals surface area (Å²) in [6.45, 7) is 8.38. The maximum absolute atomic E-state index is 11.1. The van der Waals surface area contributed by atoms with Gasteiger partial charge in [-0.15, -0.1) is 0 Å². The number of aliphatic carboxylic acids is 1. The molecule has 5 nitrogen and oxygen atoms in total. The Morgan fingerprint density at radius 3 is 1.84 bits per heavy atom. The van der Waals surface area contributed by atoms with Crippen LogP contribution in [0.5, 0.6) is 0 Å². The highest BCUT2D eigenvalue weighted by atomic mass is 31.2. The van der Waals surface area contributed by atoms with Gasteiger partial charge in [0.1, 0.15) is 0 Å². The van der Waals surface area contributed by atoms with Crippen molar-refractivity contribution in [2.75, 3.05) is 0 Å². The fourth-order valence-corrected chi connectivity index (χ4v) is 3.24. The van der Waals surface area contributed by atoms with Crippen LogP contribution in [0.15, 0.2) is 34.9 Å². The van der Waals surface area contributed by atoms with Gasteiger partial charge in [-0.3, -0.25) is 9.36 Å². The molecule has 0 saturated heterocycles. The van der Waals surface area contributed by atoms with Crippen LogP contribution in [0.4, 0.5) is 0 Å². The maximum Gasteiger partial charge on any atom is 0.339 e. The summed E-state index contributed by atoms with van der Waals surface area (Å²) < 4.78 is 11.1. The molecular formula is C19H33O5P. The van der Waals surface area contributed by atoms with E-state index in [1.807, 2.05) is 13.0 Å². The lowest BCUT2D eigenvalue weighted by Gasteiger charge is -2.13. The Morgan fingerprint density at radius 2 is 1.40 bits per heavy atom. The van der Waals surface area contributed by atoms with Crippen LogP contribution in [0, 0.1) is 0 Å². The first kappa shape index (κ1) is 23.8. The predicted molar refractivity (Wildman–Crippen MR) is 103 cm³/mol. The summed E-state index contributed by atoms with van der Waals surface area (Å²) in [5, 5.41) is 8.86. The molecular weight excluding hydrogens is 339 g/mol. The van der Waals surface area contributed by atoms with E-state index in [2.05, 4.69) is 32.9 Å². The van der Waals surface area contributed by atoms with Crippen LogP contribution in [0.1, 0.15) is 72.6 Å². The molecule has 0 aromatic rings. The Hall–Kier alpha value is -1.16. The first-order valence-corrected chi connectivity index (χ1v) is 10.4. The van der Waals surface area contributed by atoms with Crippen LogP contribution in [-0.2, 0) is 9.36 Å². The minimum absolute atomic E-state index is 0.00718. The van der Waals surface area contributed by atoms with Gasteiger partial charge in [0.15, 0.2) is 5.66 Å². The molecule has 25 heavy (non-hydrogen) atoms. The highest BCUT2D eigenvalue weighted by Gasteiger charge is 2.34. The lowest BCUT2D eigenvalue weighted by Crippen LogP contribution is -2.20. The van der Waals surface area contributed by atoms with Gasteiger partial charge in [0.25, 0.3) is 0 Å². The Morgan fingerprint density at radius 1 is 0.920 bits per heavy atom. The summed E-state index contributed by atoms with van der Waals surface area (Å²) in [6, 6.07) is 0. The number of carboxylic acid groups (broad SMARTS) is 1. The number of hydrogen-bond donors (Lipinski definition) is 3. The van der Waals surface area contributed by atoms with Crippen LogP contribution < -0.4 is 0 Å². The van der Waals surface area contributed by atoms with Crippen molar-refractivity contribution in [1.29, 1.82) is 0 Å². The molecule has 0 bridgehead atoms. The van der Waals surface area contributed by atoms with Crippen molar-refractivity contribution >= 4 is 13.6 Å². The zero-order valence-corrected chi connectivity index (χ0v) is 16.8. The van der Waals surface area contributed by atoms with E-state index in [0.717, 1.165) is 25.7 Å². The van der Waals surface area contributed by atoms with Crippen LogP contribution >= 0.6 is 7.60 Å². The number of unbranched alkanes of at least 4 members (excludes halogenated alkanes) is 1. The fourth-order valence-electron chi connectivity index (χ4n) is 2.43. The molecule has 0 radical (unpaired) electrons. The van der Waals surface area contributed by atoms with Crippen molar-refractivity contribution in [1.82, 2.24) is 0 Å². The summed E-state index contributed by atoms with van der Waals surface area (Å²) in [4.78, 5) is 28.9. The molecule has 0 fully saturated rings. The van der Waals surface area contributed by atoms with E-state index in [1.54, 1.807) is 0 Å². The van der Waals surface area contributed by atoms with Gasteiger partial charge in [0, 0.05) is 0 Å². The molecule has 3 N–H and O–H groups in total. The average Bonchev–Trinajstić information content (AvgIpc) is 2.44. The number of hydrogen-bond acceptors (Lipinski definition) is 2. The van der Waals surface area contributed by atoms with Crippen molar-refractivity contribution in [3.63, 3.8) is 0 Å². The Labute approximate surface area is 151 Å². The standard InChI is InChI=1S/C19H33O5P/c1-15(2)9-7-11-17(4)13-8-12-16(3)10-5-6-14-18(19(20)21)25(22,23)24/h9-10,13,18H,5-8,11-12,14H2,1-4H3,(H,20,21)(H2,22,23,24)/b16-10+,17-13+. The van der Waals surface area contributed by atoms with Gasteiger partial charge in [0.05, 0.1) is 0 Å². The lowest BCUT2D eigenvalue weighted by atomic mass is 10.1. The van der Waals surface area contributed by atoms with Gasteiger partial charge in [0.2, 0.25) is 0 Å². The molecule has 144 valence electrons. The third-order valence-electron chi connectivity index (χ3n) is 3.99. The molecule has 0 amide bonds. The summed E-state index contributed by atoms with van der Waals surface area (Å²) in [6.07, 6.45) is 11.7. The minimum atomic E-state index is -4.57. The predicted octanol–water partition coefficient (Wildman–Crippen LogP) is 5.21. The van der Waals surface area contributed by atoms with Crippen molar-refractivity contribution in [2.24, 2.45) is 0 Å². The molecule has 0 aromatic carbocycles. The molecule has 0 aliphatic heterocycles. The molecule has 0 aliphatic carbocycles. The van der Waals surface area contributed by atoms with E-state index in [4.69, 9.17) is 14.9 Å². The topological polar surface area (TPSA) is 94.8 Å². The maximum atomic E-state index is 11.1. The lowest BCUT2D eigenvalue weighted by molar-refractivity contribution is -0.137. The van der Waals surface area contributed by atoms with E-state index < -0.39 is 19.2 Å². The highest BCUT2D eigenvalue weighted by molar-refractivity contribution is 7.53. The van der Waals surface area contributed by atoms with E-state index in [9.17, 15) is 9.36 Å². The molecule has 0 heterocycles. The summed E-state index contributed by atoms with van der Waals surface area (Å²) in [7, 11) is -4.57. The van der Waals surface area contributed by atoms with Gasteiger partial charge in [-0.25, -0.2) is 0 Å². The second kappa shape index (κ2) is 12.2. The highest BCUT2D eigenvalue weighted by Crippen LogP contribution is 2.43. The van der Waals surface area contributed by atoms with Crippen molar-refractivity contribution in [2.45, 2.75) is 78.3 Å². The molecule has 0 rings (SSSR count). The SMILES string of the molecule is CC(C)=CCC/C(C)=C/CC/C(C)=C/CCCC(C(=O)O)P(=O)(O)O. The Bertz CT molecular complexity index is 550. The van der Waals surface area contributed by atoms with Gasteiger partial charge in [-0.05, 0) is 72.6 Å². The quantitative estimate of drug-likeness (QED) is 0.248. The number of carboxylic acids is 1. The van der Waals surface area contributed by atoms with Crippen molar-refractivity contribution < 1.29 is 24.3 Å². The van der Waals surface area contributed by atoms with Crippen LogP contribution in [-0.4, -0.2) is 26.5 Å². The largest absolute Gasteiger partial charge is 0.481 e. The third kappa shape index (κ3) is 12.8. The summed E-state index contributed by atoms with van der Waals surface area (Å²) in [5.74, 6) is -1.43. The van der Waals surface area contributed by atoms with Crippen LogP contribution in [0.25, 0.3) is 0 Å². The van der Waals surface area contributed by atoms with E-state index >= 15 is 0 Å². The zero-order valence-electron chi connectivity index (χ0n) is 15.9. The Balaban J connectivity index is 4.16. The van der Waals surface area contributed by atoms with E-state index in [-0.39, 0.29) is 6.42 Å². The molecule has 1 unspecified atom stereocenters. The summed E-state index contributed by atoms with van der Waals surface area (Å²) >= 11 is 0. The van der Waals surface area contributed by atoms with Gasteiger partial charge >= 0.3 is 13.6 Å². The third-order valence-corrected chi connectivity index (χ3v) is 5.28. The smallest absolute Gasteiger partial charge is 0.339 e. The van der Waals surface area contributed by atoms with Gasteiger partial charge in [-0.1, -0.05) is 34.9 Å². The average molecular weight is 372 g/mol. The second-order valence-corrected chi connectivity index (χ2v) is 8.64. The number of allylic oxidation sites excluding steroid dienone is 6.